The van der Waals surface area contributed by atoms with Gasteiger partial charge in [0.05, 0.1) is 0 Å². The molecule has 0 heterocycles. The third-order valence-corrected chi connectivity index (χ3v) is 0. The van der Waals surface area contributed by atoms with Crippen LogP contribution in [0.2, 0.25) is 0 Å². The summed E-state index contributed by atoms with van der Waals surface area (Å²) in [4.78, 5) is 0. The molecular formula is MgO3TiZr+4. The van der Waals surface area contributed by atoms with Crippen LogP contribution in [0, 0.1) is 0 Å². The standard InChI is InChI=1S/Mg.3O.Ti.Zr/q+2;3*-2;2*+4. The quantitative estimate of drug-likeness (QED) is 0.473. The van der Waals surface area contributed by atoms with Gasteiger partial charge in [0.15, 0.2) is 0 Å². The Bertz CT molecular complexity index is 10.8. The predicted molar refractivity (Wildman–Crippen MR) is 7.81 cm³/mol. The maximum Gasteiger partial charge on any atom is 4.00 e. The fourth-order valence-corrected chi connectivity index (χ4v) is 0. The molecule has 0 atom stereocenters. The number of hydrogen-bond acceptors (Lipinski definition) is 0. The van der Waals surface area contributed by atoms with Gasteiger partial charge in [0.25, 0.3) is 0 Å². The molecule has 6 heavy (non-hydrogen) atoms. The summed E-state index contributed by atoms with van der Waals surface area (Å²) < 4.78 is 0. The fourth-order valence-electron chi connectivity index (χ4n) is 0. The molecule has 6 heteroatoms. The van der Waals surface area contributed by atoms with E-state index in [1.807, 2.05) is 0 Å². The van der Waals surface area contributed by atoms with Gasteiger partial charge in [-0.25, -0.2) is 0 Å². The van der Waals surface area contributed by atoms with Crippen molar-refractivity contribution < 1.29 is 64.3 Å². The second kappa shape index (κ2) is 56.1. The molecule has 0 saturated carbocycles. The van der Waals surface area contributed by atoms with Gasteiger partial charge in [-0.3, -0.25) is 0 Å². The molecule has 0 aliphatic carbocycles. The van der Waals surface area contributed by atoms with Gasteiger partial charge in [0.1, 0.15) is 0 Å². The van der Waals surface area contributed by atoms with Crippen molar-refractivity contribution in [3.8, 4) is 0 Å². The molecule has 0 amide bonds. The third kappa shape index (κ3) is 34.1. The molecule has 0 radical (unpaired) electrons. The summed E-state index contributed by atoms with van der Waals surface area (Å²) in [6, 6.07) is 0. The maximum absolute atomic E-state index is 0. The van der Waals surface area contributed by atoms with E-state index in [1.165, 1.54) is 0 Å². The first-order chi connectivity index (χ1) is 0. The van der Waals surface area contributed by atoms with E-state index in [1.54, 1.807) is 0 Å². The van der Waals surface area contributed by atoms with E-state index >= 15 is 0 Å². The zero-order chi connectivity index (χ0) is 0. The van der Waals surface area contributed by atoms with Gasteiger partial charge in [-0.1, -0.05) is 0 Å². The largest absolute Gasteiger partial charge is 4.00 e. The smallest absolute Gasteiger partial charge is 2.00 e. The SMILES string of the molecule is [Mg+2].[O-2].[O-2].[O-2].[Ti+4].[Zr+4]. The van der Waals surface area contributed by atoms with Crippen molar-refractivity contribution in [3.05, 3.63) is 0 Å². The summed E-state index contributed by atoms with van der Waals surface area (Å²) in [7, 11) is 0. The number of hydrogen-bond donors (Lipinski definition) is 0. The van der Waals surface area contributed by atoms with E-state index in [2.05, 4.69) is 0 Å². The van der Waals surface area contributed by atoms with Crippen LogP contribution in [-0.4, -0.2) is 23.1 Å². The Morgan fingerprint density at radius 1 is 0.667 bits per heavy atom. The summed E-state index contributed by atoms with van der Waals surface area (Å²) in [6.07, 6.45) is 0. The molecular weight excluding hydrogens is 211 g/mol. The molecule has 0 rings (SSSR count). The van der Waals surface area contributed by atoms with Crippen LogP contribution in [0.1, 0.15) is 0 Å². The Kier molecular flexibility index (Phi) is 803. The third-order valence-electron chi connectivity index (χ3n) is 0. The topological polar surface area (TPSA) is 85.5 Å². The average Bonchev–Trinajstić information content (AvgIpc) is 0. The minimum absolute atomic E-state index is 0. The summed E-state index contributed by atoms with van der Waals surface area (Å²) in [6.45, 7) is 0. The van der Waals surface area contributed by atoms with Crippen molar-refractivity contribution in [3.63, 3.8) is 0 Å². The van der Waals surface area contributed by atoms with E-state index in [-0.39, 0.29) is 87.4 Å². The van der Waals surface area contributed by atoms with Gasteiger partial charge < -0.3 is 16.4 Å². The van der Waals surface area contributed by atoms with Crippen molar-refractivity contribution >= 4 is 23.1 Å². The van der Waals surface area contributed by atoms with E-state index < -0.39 is 0 Å². The van der Waals surface area contributed by atoms with Crippen LogP contribution in [-0.2, 0) is 64.3 Å². The van der Waals surface area contributed by atoms with Crippen molar-refractivity contribution in [1.29, 1.82) is 0 Å². The molecule has 24 valence electrons. The van der Waals surface area contributed by atoms with Crippen LogP contribution < -0.4 is 0 Å². The normalized spacial score (nSPS) is 0. The van der Waals surface area contributed by atoms with Crippen LogP contribution in [0.4, 0.5) is 0 Å². The molecule has 0 aromatic rings. The second-order valence-corrected chi connectivity index (χ2v) is 0. The van der Waals surface area contributed by atoms with Crippen LogP contribution in [0.5, 0.6) is 0 Å². The molecule has 0 aromatic carbocycles. The summed E-state index contributed by atoms with van der Waals surface area (Å²) in [5, 5.41) is 0. The first kappa shape index (κ1) is 85.9. The number of rotatable bonds is 0. The Balaban J connectivity index is 0. The van der Waals surface area contributed by atoms with Gasteiger partial charge in [0.2, 0.25) is 0 Å². The molecule has 3 nitrogen and oxygen atoms in total. The zero-order valence-electron chi connectivity index (χ0n) is 2.93. The Morgan fingerprint density at radius 3 is 0.667 bits per heavy atom. The van der Waals surface area contributed by atoms with Crippen molar-refractivity contribution in [2.75, 3.05) is 0 Å². The van der Waals surface area contributed by atoms with Gasteiger partial charge in [-0.2, -0.15) is 0 Å². The van der Waals surface area contributed by atoms with Crippen LogP contribution in [0.25, 0.3) is 0 Å². The predicted octanol–water partition coefficient (Wildman–Crippen LogP) is -0.742. The minimum atomic E-state index is 0. The van der Waals surface area contributed by atoms with Gasteiger partial charge in [0, 0.05) is 0 Å². The van der Waals surface area contributed by atoms with E-state index in [4.69, 9.17) is 0 Å². The first-order valence-corrected chi connectivity index (χ1v) is 0. The maximum atomic E-state index is 0. The van der Waals surface area contributed by atoms with Crippen LogP contribution in [0.15, 0.2) is 0 Å². The monoisotopic (exact) mass is 210 g/mol. The Labute approximate surface area is 86.3 Å². The zero-order valence-corrected chi connectivity index (χ0v) is 8.37. The average molecular weight is 211 g/mol. The molecule has 0 aliphatic heterocycles. The molecule has 0 saturated heterocycles. The molecule has 0 bridgehead atoms. The second-order valence-electron chi connectivity index (χ2n) is 0. The van der Waals surface area contributed by atoms with Crippen molar-refractivity contribution in [2.24, 2.45) is 0 Å². The van der Waals surface area contributed by atoms with E-state index in [0.29, 0.717) is 0 Å². The summed E-state index contributed by atoms with van der Waals surface area (Å²) in [5.41, 5.74) is 0. The Hall–Kier alpha value is 2.24. The molecule has 0 aromatic heterocycles. The van der Waals surface area contributed by atoms with Crippen LogP contribution in [0.3, 0.4) is 0 Å². The fraction of sp³-hybridized carbons (Fsp3) is 0. The molecule has 0 spiro atoms. The van der Waals surface area contributed by atoms with Crippen molar-refractivity contribution in [1.82, 2.24) is 0 Å². The molecule has 0 fully saturated rings. The summed E-state index contributed by atoms with van der Waals surface area (Å²) in [5.74, 6) is 0. The molecule has 0 unspecified atom stereocenters. The van der Waals surface area contributed by atoms with E-state index in [9.17, 15) is 0 Å². The summed E-state index contributed by atoms with van der Waals surface area (Å²) >= 11 is 0. The van der Waals surface area contributed by atoms with Gasteiger partial charge >= 0.3 is 71.0 Å². The minimum Gasteiger partial charge on any atom is -2.00 e. The van der Waals surface area contributed by atoms with Crippen LogP contribution >= 0.6 is 0 Å². The van der Waals surface area contributed by atoms with Gasteiger partial charge in [-0.15, -0.1) is 0 Å². The van der Waals surface area contributed by atoms with Gasteiger partial charge in [-0.05, 0) is 0 Å². The molecule has 0 N–H and O–H groups in total. The van der Waals surface area contributed by atoms with E-state index in [0.717, 1.165) is 0 Å². The Morgan fingerprint density at radius 2 is 0.667 bits per heavy atom. The molecule has 0 aliphatic rings. The van der Waals surface area contributed by atoms with Crippen molar-refractivity contribution in [2.45, 2.75) is 0 Å². The first-order valence-electron chi connectivity index (χ1n) is 0.